The minimum atomic E-state index is -3.74. The predicted molar refractivity (Wildman–Crippen MR) is 122 cm³/mol. The molecule has 3 rings (SSSR count). The maximum absolute atomic E-state index is 12.4. The van der Waals surface area contributed by atoms with E-state index in [9.17, 15) is 13.2 Å². The Morgan fingerprint density at radius 3 is 2.42 bits per heavy atom. The van der Waals surface area contributed by atoms with Gasteiger partial charge in [0.15, 0.2) is 0 Å². The van der Waals surface area contributed by atoms with Gasteiger partial charge in [0.2, 0.25) is 0 Å². The first-order chi connectivity index (χ1) is 14.8. The number of benzene rings is 3. The number of halogens is 1. The molecule has 0 saturated carbocycles. The third-order valence-corrected chi connectivity index (χ3v) is 6.20. The van der Waals surface area contributed by atoms with Gasteiger partial charge in [-0.05, 0) is 55.8 Å². The van der Waals surface area contributed by atoms with E-state index in [-0.39, 0.29) is 27.1 Å². The SMILES string of the molecule is Cc1ccc(OCCNC(=O)c2ccc(NS(=O)(=O)c3ccccc3)cc2Cl)c(C)c1. The van der Waals surface area contributed by atoms with Crippen LogP contribution in [0.15, 0.2) is 71.6 Å². The van der Waals surface area contributed by atoms with Crippen molar-refractivity contribution in [1.82, 2.24) is 5.32 Å². The van der Waals surface area contributed by atoms with E-state index in [1.165, 1.54) is 30.3 Å². The molecule has 0 spiro atoms. The van der Waals surface area contributed by atoms with Crippen LogP contribution < -0.4 is 14.8 Å². The summed E-state index contributed by atoms with van der Waals surface area (Å²) in [6, 6.07) is 18.3. The van der Waals surface area contributed by atoms with Crippen molar-refractivity contribution >= 4 is 33.2 Å². The number of rotatable bonds is 8. The summed E-state index contributed by atoms with van der Waals surface area (Å²) in [7, 11) is -3.74. The van der Waals surface area contributed by atoms with Crippen LogP contribution in [0.5, 0.6) is 5.75 Å². The van der Waals surface area contributed by atoms with Crippen LogP contribution in [0.4, 0.5) is 5.69 Å². The maximum Gasteiger partial charge on any atom is 0.261 e. The molecular weight excluding hydrogens is 436 g/mol. The Hall–Kier alpha value is -3.03. The number of nitrogens with one attached hydrogen (secondary N) is 2. The Kier molecular flexibility index (Phi) is 7.20. The first-order valence-electron chi connectivity index (χ1n) is 9.62. The molecule has 2 N–H and O–H groups in total. The van der Waals surface area contributed by atoms with Crippen LogP contribution in [0.2, 0.25) is 5.02 Å². The quantitative estimate of drug-likeness (QED) is 0.484. The van der Waals surface area contributed by atoms with Crippen molar-refractivity contribution in [3.63, 3.8) is 0 Å². The van der Waals surface area contributed by atoms with Gasteiger partial charge >= 0.3 is 0 Å². The van der Waals surface area contributed by atoms with Gasteiger partial charge in [0.05, 0.1) is 27.7 Å². The number of aryl methyl sites for hydroxylation is 2. The molecule has 6 nitrogen and oxygen atoms in total. The summed E-state index contributed by atoms with van der Waals surface area (Å²) in [4.78, 5) is 12.6. The summed E-state index contributed by atoms with van der Waals surface area (Å²) in [6.45, 7) is 4.58. The van der Waals surface area contributed by atoms with Gasteiger partial charge in [-0.3, -0.25) is 9.52 Å². The molecule has 0 heterocycles. The average Bonchev–Trinajstić information content (AvgIpc) is 2.73. The van der Waals surface area contributed by atoms with Gasteiger partial charge in [0.1, 0.15) is 12.4 Å². The van der Waals surface area contributed by atoms with Crippen LogP contribution in [0.25, 0.3) is 0 Å². The monoisotopic (exact) mass is 458 g/mol. The number of carbonyl (C=O) groups is 1. The van der Waals surface area contributed by atoms with Gasteiger partial charge in [-0.15, -0.1) is 0 Å². The number of carbonyl (C=O) groups excluding carboxylic acids is 1. The van der Waals surface area contributed by atoms with Gasteiger partial charge in [0, 0.05) is 0 Å². The summed E-state index contributed by atoms with van der Waals surface area (Å²) < 4.78 is 33.0. The van der Waals surface area contributed by atoms with Gasteiger partial charge in [-0.1, -0.05) is 47.5 Å². The van der Waals surface area contributed by atoms with Crippen LogP contribution in [0, 0.1) is 13.8 Å². The van der Waals surface area contributed by atoms with Crippen LogP contribution >= 0.6 is 11.6 Å². The number of hydrogen-bond donors (Lipinski definition) is 2. The normalized spacial score (nSPS) is 11.1. The molecule has 0 atom stereocenters. The lowest BCUT2D eigenvalue weighted by atomic mass is 10.1. The first kappa shape index (κ1) is 22.7. The Morgan fingerprint density at radius 1 is 1.00 bits per heavy atom. The van der Waals surface area contributed by atoms with E-state index in [0.29, 0.717) is 13.2 Å². The third kappa shape index (κ3) is 5.99. The fraction of sp³-hybridized carbons (Fsp3) is 0.174. The number of hydrogen-bond acceptors (Lipinski definition) is 4. The lowest BCUT2D eigenvalue weighted by Gasteiger charge is -2.12. The zero-order valence-corrected chi connectivity index (χ0v) is 18.8. The Balaban J connectivity index is 1.57. The minimum absolute atomic E-state index is 0.136. The molecule has 0 saturated heterocycles. The van der Waals surface area contributed by atoms with Crippen molar-refractivity contribution < 1.29 is 17.9 Å². The molecule has 162 valence electrons. The Labute approximate surface area is 187 Å². The zero-order chi connectivity index (χ0) is 22.4. The molecule has 0 aliphatic rings. The van der Waals surface area contributed by atoms with Crippen molar-refractivity contribution in [3.05, 3.63) is 88.4 Å². The van der Waals surface area contributed by atoms with Crippen molar-refractivity contribution in [3.8, 4) is 5.75 Å². The minimum Gasteiger partial charge on any atom is -0.491 e. The molecule has 31 heavy (non-hydrogen) atoms. The third-order valence-electron chi connectivity index (χ3n) is 4.50. The lowest BCUT2D eigenvalue weighted by Crippen LogP contribution is -2.28. The second-order valence-corrected chi connectivity index (χ2v) is 9.08. The highest BCUT2D eigenvalue weighted by atomic mass is 35.5. The van der Waals surface area contributed by atoms with E-state index in [1.54, 1.807) is 18.2 Å². The molecule has 0 bridgehead atoms. The van der Waals surface area contributed by atoms with E-state index >= 15 is 0 Å². The van der Waals surface area contributed by atoms with E-state index in [0.717, 1.165) is 16.9 Å². The average molecular weight is 459 g/mol. The van der Waals surface area contributed by atoms with Crippen LogP contribution in [-0.4, -0.2) is 27.5 Å². The molecule has 0 aliphatic carbocycles. The van der Waals surface area contributed by atoms with E-state index < -0.39 is 10.0 Å². The molecule has 0 aromatic heterocycles. The summed E-state index contributed by atoms with van der Waals surface area (Å²) >= 11 is 6.22. The van der Waals surface area contributed by atoms with E-state index in [1.807, 2.05) is 32.0 Å². The molecule has 0 radical (unpaired) electrons. The molecule has 3 aromatic carbocycles. The van der Waals surface area contributed by atoms with Crippen molar-refractivity contribution in [1.29, 1.82) is 0 Å². The summed E-state index contributed by atoms with van der Waals surface area (Å²) in [5, 5.41) is 2.89. The highest BCUT2D eigenvalue weighted by Gasteiger charge is 2.16. The van der Waals surface area contributed by atoms with Crippen LogP contribution in [0.1, 0.15) is 21.5 Å². The summed E-state index contributed by atoms with van der Waals surface area (Å²) in [6.07, 6.45) is 0. The molecule has 0 fully saturated rings. The molecule has 0 aliphatic heterocycles. The van der Waals surface area contributed by atoms with Crippen LogP contribution in [0.3, 0.4) is 0 Å². The van der Waals surface area contributed by atoms with Gasteiger partial charge < -0.3 is 10.1 Å². The highest BCUT2D eigenvalue weighted by Crippen LogP contribution is 2.23. The fourth-order valence-corrected chi connectivity index (χ4v) is 4.30. The van der Waals surface area contributed by atoms with Gasteiger partial charge in [0.25, 0.3) is 15.9 Å². The van der Waals surface area contributed by atoms with Gasteiger partial charge in [-0.2, -0.15) is 0 Å². The smallest absolute Gasteiger partial charge is 0.261 e. The Morgan fingerprint density at radius 2 is 1.74 bits per heavy atom. The first-order valence-corrected chi connectivity index (χ1v) is 11.5. The van der Waals surface area contributed by atoms with Crippen molar-refractivity contribution in [2.45, 2.75) is 18.7 Å². The van der Waals surface area contributed by atoms with Crippen LogP contribution in [-0.2, 0) is 10.0 Å². The predicted octanol–water partition coefficient (Wildman–Crippen LogP) is 4.57. The lowest BCUT2D eigenvalue weighted by molar-refractivity contribution is 0.0947. The molecule has 8 heteroatoms. The maximum atomic E-state index is 12.4. The number of anilines is 1. The summed E-state index contributed by atoms with van der Waals surface area (Å²) in [5.74, 6) is 0.402. The van der Waals surface area contributed by atoms with Gasteiger partial charge in [-0.25, -0.2) is 8.42 Å². The van der Waals surface area contributed by atoms with Crippen molar-refractivity contribution in [2.24, 2.45) is 0 Å². The van der Waals surface area contributed by atoms with Crippen molar-refractivity contribution in [2.75, 3.05) is 17.9 Å². The Bertz CT molecular complexity index is 1180. The standard InChI is InChI=1S/C23H23ClN2O4S/c1-16-8-11-22(17(2)14-16)30-13-12-25-23(27)20-10-9-18(15-21(20)24)26-31(28,29)19-6-4-3-5-7-19/h3-11,14-15,26H,12-13H2,1-2H3,(H,25,27). The second kappa shape index (κ2) is 9.85. The molecular formula is C23H23ClN2O4S. The number of sulfonamides is 1. The molecule has 0 unspecified atom stereocenters. The molecule has 1 amide bonds. The summed E-state index contributed by atoms with van der Waals surface area (Å²) in [5.41, 5.74) is 2.70. The number of ether oxygens (including phenoxy) is 1. The van der Waals surface area contributed by atoms with E-state index in [2.05, 4.69) is 10.0 Å². The molecule has 3 aromatic rings. The zero-order valence-electron chi connectivity index (χ0n) is 17.2. The highest BCUT2D eigenvalue weighted by molar-refractivity contribution is 7.92. The van der Waals surface area contributed by atoms with E-state index in [4.69, 9.17) is 16.3 Å². The second-order valence-electron chi connectivity index (χ2n) is 6.99. The topological polar surface area (TPSA) is 84.5 Å². The largest absolute Gasteiger partial charge is 0.491 e. The number of amides is 1. The fourth-order valence-electron chi connectivity index (χ4n) is 2.96.